The van der Waals surface area contributed by atoms with Gasteiger partial charge in [0, 0.05) is 23.6 Å². The lowest BCUT2D eigenvalue weighted by Gasteiger charge is -2.23. The van der Waals surface area contributed by atoms with Crippen LogP contribution in [0, 0.1) is 0 Å². The molecule has 2 aromatic carbocycles. The van der Waals surface area contributed by atoms with Gasteiger partial charge in [0.05, 0.1) is 13.7 Å². The zero-order valence-electron chi connectivity index (χ0n) is 21.2. The summed E-state index contributed by atoms with van der Waals surface area (Å²) in [6.07, 6.45) is 5.40. The summed E-state index contributed by atoms with van der Waals surface area (Å²) in [7, 11) is 1.38. The van der Waals surface area contributed by atoms with Gasteiger partial charge in [-0.05, 0) is 73.8 Å². The third-order valence-electron chi connectivity index (χ3n) is 6.64. The number of ether oxygens (including phenoxy) is 1. The number of aliphatic hydroxyl groups is 1. The van der Waals surface area contributed by atoms with Gasteiger partial charge in [0.1, 0.15) is 6.04 Å². The maximum Gasteiger partial charge on any atom is 0.305 e. The van der Waals surface area contributed by atoms with Crippen LogP contribution in [0.2, 0.25) is 5.02 Å². The SMILES string of the molecule is COC(=O)CCc1ccccc1CC1=C(C(=O)NC(CO)C(=O)NCCc2ccc(Cl)cc2)CCCC1. The molecule has 3 N–H and O–H groups in total. The highest BCUT2D eigenvalue weighted by Crippen LogP contribution is 2.29. The second-order valence-electron chi connectivity index (χ2n) is 9.19. The molecule has 0 saturated carbocycles. The van der Waals surface area contributed by atoms with Crippen LogP contribution in [-0.2, 0) is 38.4 Å². The Labute approximate surface area is 223 Å². The predicted octanol–water partition coefficient (Wildman–Crippen LogP) is 3.69. The van der Waals surface area contributed by atoms with Crippen LogP contribution in [0.25, 0.3) is 0 Å². The number of allylic oxidation sites excluding steroid dienone is 1. The molecule has 7 nitrogen and oxygen atoms in total. The third kappa shape index (κ3) is 8.72. The van der Waals surface area contributed by atoms with Crippen LogP contribution >= 0.6 is 11.6 Å². The van der Waals surface area contributed by atoms with E-state index in [9.17, 15) is 19.5 Å². The highest BCUT2D eigenvalue weighted by molar-refractivity contribution is 6.30. The fourth-order valence-electron chi connectivity index (χ4n) is 4.52. The zero-order chi connectivity index (χ0) is 26.6. The molecule has 1 atom stereocenters. The number of aryl methyl sites for hydroxylation is 1. The Kier molecular flexibility index (Phi) is 11.2. The molecule has 1 aliphatic rings. The predicted molar refractivity (Wildman–Crippen MR) is 143 cm³/mol. The molecule has 3 rings (SSSR count). The monoisotopic (exact) mass is 526 g/mol. The van der Waals surface area contributed by atoms with Gasteiger partial charge in [-0.2, -0.15) is 0 Å². The number of benzene rings is 2. The molecule has 8 heteroatoms. The van der Waals surface area contributed by atoms with Crippen LogP contribution in [0.15, 0.2) is 59.7 Å². The number of nitrogens with one attached hydrogen (secondary N) is 2. The molecule has 198 valence electrons. The van der Waals surface area contributed by atoms with Gasteiger partial charge in [0.15, 0.2) is 0 Å². The van der Waals surface area contributed by atoms with Crippen molar-refractivity contribution in [2.45, 2.75) is 57.4 Å². The highest BCUT2D eigenvalue weighted by atomic mass is 35.5. The Morgan fingerprint density at radius 3 is 2.41 bits per heavy atom. The molecular formula is C29H35ClN2O5. The van der Waals surface area contributed by atoms with Gasteiger partial charge in [0.2, 0.25) is 11.8 Å². The molecule has 0 aliphatic heterocycles. The van der Waals surface area contributed by atoms with E-state index in [2.05, 4.69) is 10.6 Å². The molecule has 0 fully saturated rings. The number of rotatable bonds is 12. The number of esters is 1. The van der Waals surface area contributed by atoms with E-state index in [1.807, 2.05) is 36.4 Å². The standard InChI is InChI=1S/C29H35ClN2O5/c1-37-27(34)15-12-21-6-2-3-7-22(21)18-23-8-4-5-9-25(23)28(35)32-26(19-33)29(36)31-17-16-20-10-13-24(30)14-11-20/h2-3,6-7,10-11,13-14,26,33H,4-5,8-9,12,15-19H2,1H3,(H,31,36)(H,32,35). The zero-order valence-corrected chi connectivity index (χ0v) is 22.0. The molecule has 37 heavy (non-hydrogen) atoms. The topological polar surface area (TPSA) is 105 Å². The Bertz CT molecular complexity index is 1110. The number of aliphatic hydroxyl groups excluding tert-OH is 1. The molecular weight excluding hydrogens is 492 g/mol. The summed E-state index contributed by atoms with van der Waals surface area (Å²) in [6, 6.07) is 14.3. The van der Waals surface area contributed by atoms with Crippen molar-refractivity contribution < 1.29 is 24.2 Å². The molecule has 0 saturated heterocycles. The Balaban J connectivity index is 1.63. The quantitative estimate of drug-likeness (QED) is 0.366. The van der Waals surface area contributed by atoms with E-state index in [4.69, 9.17) is 16.3 Å². The highest BCUT2D eigenvalue weighted by Gasteiger charge is 2.25. The second kappa shape index (κ2) is 14.5. The van der Waals surface area contributed by atoms with Gasteiger partial charge >= 0.3 is 5.97 Å². The Hall–Kier alpha value is -3.16. The first-order chi connectivity index (χ1) is 17.9. The second-order valence-corrected chi connectivity index (χ2v) is 9.62. The molecule has 1 aliphatic carbocycles. The molecule has 0 spiro atoms. The van der Waals surface area contributed by atoms with E-state index < -0.39 is 18.6 Å². The average Bonchev–Trinajstić information content (AvgIpc) is 2.92. The van der Waals surface area contributed by atoms with Crippen LogP contribution in [0.3, 0.4) is 0 Å². The van der Waals surface area contributed by atoms with Crippen LogP contribution in [0.1, 0.15) is 48.8 Å². The molecule has 0 aromatic heterocycles. The first-order valence-corrected chi connectivity index (χ1v) is 13.1. The summed E-state index contributed by atoms with van der Waals surface area (Å²) in [6.45, 7) is -0.110. The van der Waals surface area contributed by atoms with Gasteiger partial charge in [-0.1, -0.05) is 53.6 Å². The first kappa shape index (κ1) is 28.4. The summed E-state index contributed by atoms with van der Waals surface area (Å²) >= 11 is 5.90. The maximum atomic E-state index is 13.2. The normalized spacial score (nSPS) is 14.1. The lowest BCUT2D eigenvalue weighted by atomic mass is 9.86. The van der Waals surface area contributed by atoms with Gasteiger partial charge < -0.3 is 20.5 Å². The van der Waals surface area contributed by atoms with Gasteiger partial charge in [-0.15, -0.1) is 0 Å². The van der Waals surface area contributed by atoms with E-state index in [0.717, 1.165) is 41.5 Å². The minimum atomic E-state index is -1.03. The average molecular weight is 527 g/mol. The van der Waals surface area contributed by atoms with E-state index in [1.165, 1.54) is 7.11 Å². The fraction of sp³-hybridized carbons (Fsp3) is 0.414. The number of carbonyl (C=O) groups excluding carboxylic acids is 3. The maximum absolute atomic E-state index is 13.2. The van der Waals surface area contributed by atoms with Gasteiger partial charge in [-0.3, -0.25) is 14.4 Å². The van der Waals surface area contributed by atoms with Crippen LogP contribution < -0.4 is 10.6 Å². The van der Waals surface area contributed by atoms with Crippen molar-refractivity contribution in [1.82, 2.24) is 10.6 Å². The van der Waals surface area contributed by atoms with E-state index in [0.29, 0.717) is 49.2 Å². The van der Waals surface area contributed by atoms with E-state index in [1.54, 1.807) is 12.1 Å². The Morgan fingerprint density at radius 1 is 1.00 bits per heavy atom. The van der Waals surface area contributed by atoms with Crippen molar-refractivity contribution in [3.8, 4) is 0 Å². The summed E-state index contributed by atoms with van der Waals surface area (Å²) in [5.74, 6) is -0.988. The minimum absolute atomic E-state index is 0.256. The lowest BCUT2D eigenvalue weighted by molar-refractivity contribution is -0.140. The van der Waals surface area contributed by atoms with Crippen LogP contribution in [0.4, 0.5) is 0 Å². The molecule has 0 bridgehead atoms. The van der Waals surface area contributed by atoms with Gasteiger partial charge in [-0.25, -0.2) is 0 Å². The van der Waals surface area contributed by atoms with Crippen molar-refractivity contribution in [3.63, 3.8) is 0 Å². The summed E-state index contributed by atoms with van der Waals surface area (Å²) in [4.78, 5) is 37.5. The van der Waals surface area contributed by atoms with Crippen LogP contribution in [-0.4, -0.2) is 49.2 Å². The largest absolute Gasteiger partial charge is 0.469 e. The molecule has 0 radical (unpaired) electrons. The summed E-state index contributed by atoms with van der Waals surface area (Å²) < 4.78 is 4.77. The van der Waals surface area contributed by atoms with Gasteiger partial charge in [0.25, 0.3) is 0 Å². The number of halogens is 1. The smallest absolute Gasteiger partial charge is 0.305 e. The third-order valence-corrected chi connectivity index (χ3v) is 6.89. The summed E-state index contributed by atoms with van der Waals surface area (Å²) in [5, 5.41) is 16.0. The lowest BCUT2D eigenvalue weighted by Crippen LogP contribution is -2.49. The number of hydrogen-bond donors (Lipinski definition) is 3. The molecule has 0 heterocycles. The molecule has 2 amide bonds. The number of carbonyl (C=O) groups is 3. The van der Waals surface area contributed by atoms with E-state index in [-0.39, 0.29) is 11.9 Å². The van der Waals surface area contributed by atoms with Crippen molar-refractivity contribution in [2.75, 3.05) is 20.3 Å². The van der Waals surface area contributed by atoms with E-state index >= 15 is 0 Å². The molecule has 2 aromatic rings. The fourth-order valence-corrected chi connectivity index (χ4v) is 4.65. The van der Waals surface area contributed by atoms with Crippen molar-refractivity contribution in [3.05, 3.63) is 81.4 Å². The molecule has 1 unspecified atom stereocenters. The number of hydrogen-bond acceptors (Lipinski definition) is 5. The number of methoxy groups -OCH3 is 1. The number of amides is 2. The van der Waals surface area contributed by atoms with Crippen molar-refractivity contribution >= 4 is 29.4 Å². The Morgan fingerprint density at radius 2 is 1.70 bits per heavy atom. The van der Waals surface area contributed by atoms with Crippen molar-refractivity contribution in [1.29, 1.82) is 0 Å². The summed E-state index contributed by atoms with van der Waals surface area (Å²) in [5.41, 5.74) is 4.87. The minimum Gasteiger partial charge on any atom is -0.469 e. The van der Waals surface area contributed by atoms with Crippen LogP contribution in [0.5, 0.6) is 0 Å². The van der Waals surface area contributed by atoms with Crippen molar-refractivity contribution in [2.24, 2.45) is 0 Å². The first-order valence-electron chi connectivity index (χ1n) is 12.7.